The summed E-state index contributed by atoms with van der Waals surface area (Å²) >= 11 is 0. The van der Waals surface area contributed by atoms with Crippen molar-refractivity contribution in [3.8, 4) is 0 Å². The van der Waals surface area contributed by atoms with Crippen molar-refractivity contribution in [3.63, 3.8) is 0 Å². The van der Waals surface area contributed by atoms with Crippen LogP contribution in [0.2, 0.25) is 0 Å². The topological polar surface area (TPSA) is 24.5 Å². The van der Waals surface area contributed by atoms with Crippen molar-refractivity contribution >= 4 is 0 Å². The molecular weight excluding hydrogens is 176 g/mol. The zero-order valence-corrected chi connectivity index (χ0v) is 9.38. The first kappa shape index (κ1) is 10.4. The number of hydrogen-bond acceptors (Lipinski definition) is 3. The minimum atomic E-state index is 0.385. The van der Waals surface area contributed by atoms with Crippen LogP contribution in [0.3, 0.4) is 0 Å². The molecule has 2 fully saturated rings. The lowest BCUT2D eigenvalue weighted by atomic mass is 9.85. The molecule has 2 aliphatic heterocycles. The van der Waals surface area contributed by atoms with Crippen LogP contribution < -0.4 is 5.32 Å². The smallest absolute Gasteiger partial charge is 0.0681 e. The highest BCUT2D eigenvalue weighted by atomic mass is 16.5. The average molecular weight is 198 g/mol. The van der Waals surface area contributed by atoms with Crippen LogP contribution in [0.15, 0.2) is 0 Å². The lowest BCUT2D eigenvalue weighted by Gasteiger charge is -2.52. The lowest BCUT2D eigenvalue weighted by Crippen LogP contribution is -2.66. The van der Waals surface area contributed by atoms with E-state index in [9.17, 15) is 0 Å². The average Bonchev–Trinajstić information content (AvgIpc) is 2.12. The summed E-state index contributed by atoms with van der Waals surface area (Å²) in [7, 11) is 0. The Bertz CT molecular complexity index is 184. The zero-order chi connectivity index (χ0) is 10.0. The number of rotatable bonds is 3. The normalized spacial score (nSPS) is 27.6. The Balaban J connectivity index is 1.95. The summed E-state index contributed by atoms with van der Waals surface area (Å²) in [5.41, 5.74) is 0.385. The van der Waals surface area contributed by atoms with Gasteiger partial charge in [-0.3, -0.25) is 4.90 Å². The van der Waals surface area contributed by atoms with Crippen LogP contribution >= 0.6 is 0 Å². The van der Waals surface area contributed by atoms with E-state index in [2.05, 4.69) is 24.1 Å². The number of nitrogens with one attached hydrogen (secondary N) is 1. The molecule has 2 aliphatic rings. The number of ether oxygens (including phenoxy) is 1. The predicted octanol–water partition coefficient (Wildman–Crippen LogP) is 0.707. The Kier molecular flexibility index (Phi) is 3.10. The van der Waals surface area contributed by atoms with E-state index in [4.69, 9.17) is 4.74 Å². The predicted molar refractivity (Wildman–Crippen MR) is 57.4 cm³/mol. The van der Waals surface area contributed by atoms with Crippen LogP contribution in [-0.2, 0) is 4.74 Å². The van der Waals surface area contributed by atoms with Crippen molar-refractivity contribution in [1.82, 2.24) is 10.2 Å². The minimum absolute atomic E-state index is 0.385. The van der Waals surface area contributed by atoms with Gasteiger partial charge in [-0.05, 0) is 12.3 Å². The Morgan fingerprint density at radius 3 is 2.36 bits per heavy atom. The van der Waals surface area contributed by atoms with Gasteiger partial charge in [0.15, 0.2) is 0 Å². The molecule has 0 atom stereocenters. The zero-order valence-electron chi connectivity index (χ0n) is 9.38. The van der Waals surface area contributed by atoms with Gasteiger partial charge in [-0.15, -0.1) is 0 Å². The maximum atomic E-state index is 5.43. The highest BCUT2D eigenvalue weighted by Gasteiger charge is 2.44. The van der Waals surface area contributed by atoms with Gasteiger partial charge in [0.2, 0.25) is 0 Å². The lowest BCUT2D eigenvalue weighted by molar-refractivity contribution is -0.151. The van der Waals surface area contributed by atoms with Crippen molar-refractivity contribution in [2.75, 3.05) is 39.4 Å². The van der Waals surface area contributed by atoms with Crippen LogP contribution in [0.1, 0.15) is 20.3 Å². The minimum Gasteiger partial charge on any atom is -0.377 e. The Labute approximate surface area is 86.8 Å². The van der Waals surface area contributed by atoms with E-state index in [0.717, 1.165) is 32.2 Å². The quantitative estimate of drug-likeness (QED) is 0.723. The monoisotopic (exact) mass is 198 g/mol. The second-order valence-electron chi connectivity index (χ2n) is 5.05. The van der Waals surface area contributed by atoms with Crippen LogP contribution in [0.4, 0.5) is 0 Å². The fraction of sp³-hybridized carbons (Fsp3) is 1.00. The summed E-state index contributed by atoms with van der Waals surface area (Å²) in [6, 6.07) is 0. The molecule has 0 spiro atoms. The molecule has 0 aromatic rings. The molecule has 0 aromatic carbocycles. The standard InChI is InChI=1S/C11H22N2O/c1-10(2)7-11(8-14-9-11)13-5-3-12-4-6-13/h10,12H,3-9H2,1-2H3. The van der Waals surface area contributed by atoms with E-state index in [-0.39, 0.29) is 0 Å². The molecule has 2 rings (SSSR count). The van der Waals surface area contributed by atoms with E-state index >= 15 is 0 Å². The number of hydrogen-bond donors (Lipinski definition) is 1. The van der Waals surface area contributed by atoms with Gasteiger partial charge in [-0.25, -0.2) is 0 Å². The largest absolute Gasteiger partial charge is 0.377 e. The molecular formula is C11H22N2O. The molecule has 0 saturated carbocycles. The molecule has 0 unspecified atom stereocenters. The van der Waals surface area contributed by atoms with Gasteiger partial charge in [-0.1, -0.05) is 13.8 Å². The SMILES string of the molecule is CC(C)CC1(N2CCNCC2)COC1. The maximum Gasteiger partial charge on any atom is 0.0681 e. The summed E-state index contributed by atoms with van der Waals surface area (Å²) in [6.45, 7) is 11.2. The molecule has 2 heterocycles. The second kappa shape index (κ2) is 4.17. The molecule has 0 radical (unpaired) electrons. The van der Waals surface area contributed by atoms with E-state index in [1.807, 2.05) is 0 Å². The maximum absolute atomic E-state index is 5.43. The summed E-state index contributed by atoms with van der Waals surface area (Å²) in [6.07, 6.45) is 1.28. The fourth-order valence-corrected chi connectivity index (χ4v) is 2.67. The highest BCUT2D eigenvalue weighted by molar-refractivity contribution is 4.98. The number of piperazine rings is 1. The third-order valence-electron chi connectivity index (χ3n) is 3.32. The van der Waals surface area contributed by atoms with Crippen molar-refractivity contribution < 1.29 is 4.74 Å². The van der Waals surface area contributed by atoms with Gasteiger partial charge < -0.3 is 10.1 Å². The van der Waals surface area contributed by atoms with Crippen molar-refractivity contribution in [1.29, 1.82) is 0 Å². The van der Waals surface area contributed by atoms with Gasteiger partial charge in [0, 0.05) is 26.2 Å². The Morgan fingerprint density at radius 2 is 1.93 bits per heavy atom. The Hall–Kier alpha value is -0.120. The molecule has 0 amide bonds. The second-order valence-corrected chi connectivity index (χ2v) is 5.05. The van der Waals surface area contributed by atoms with Crippen LogP contribution in [-0.4, -0.2) is 49.8 Å². The Morgan fingerprint density at radius 1 is 1.29 bits per heavy atom. The van der Waals surface area contributed by atoms with Crippen LogP contribution in [0.25, 0.3) is 0 Å². The third kappa shape index (κ3) is 1.95. The van der Waals surface area contributed by atoms with Gasteiger partial charge in [0.1, 0.15) is 0 Å². The van der Waals surface area contributed by atoms with Crippen LogP contribution in [0, 0.1) is 5.92 Å². The summed E-state index contributed by atoms with van der Waals surface area (Å²) in [4.78, 5) is 2.63. The first-order valence-corrected chi connectivity index (χ1v) is 5.76. The van der Waals surface area contributed by atoms with Crippen molar-refractivity contribution in [2.45, 2.75) is 25.8 Å². The van der Waals surface area contributed by atoms with E-state index in [1.54, 1.807) is 0 Å². The molecule has 1 N–H and O–H groups in total. The molecule has 14 heavy (non-hydrogen) atoms. The van der Waals surface area contributed by atoms with Gasteiger partial charge in [-0.2, -0.15) is 0 Å². The molecule has 0 aromatic heterocycles. The molecule has 0 bridgehead atoms. The van der Waals surface area contributed by atoms with Crippen LogP contribution in [0.5, 0.6) is 0 Å². The van der Waals surface area contributed by atoms with Crippen molar-refractivity contribution in [2.24, 2.45) is 5.92 Å². The van der Waals surface area contributed by atoms with Gasteiger partial charge in [0.25, 0.3) is 0 Å². The number of nitrogens with zero attached hydrogens (tertiary/aromatic N) is 1. The molecule has 82 valence electrons. The first-order chi connectivity index (χ1) is 6.73. The summed E-state index contributed by atoms with van der Waals surface area (Å²) < 4.78 is 5.43. The summed E-state index contributed by atoms with van der Waals surface area (Å²) in [5, 5.41) is 3.41. The molecule has 3 nitrogen and oxygen atoms in total. The van der Waals surface area contributed by atoms with E-state index in [0.29, 0.717) is 5.54 Å². The van der Waals surface area contributed by atoms with Gasteiger partial charge >= 0.3 is 0 Å². The molecule has 0 aliphatic carbocycles. The third-order valence-corrected chi connectivity index (χ3v) is 3.32. The molecule has 3 heteroatoms. The van der Waals surface area contributed by atoms with E-state index < -0.39 is 0 Å². The van der Waals surface area contributed by atoms with Gasteiger partial charge in [0.05, 0.1) is 18.8 Å². The first-order valence-electron chi connectivity index (χ1n) is 5.76. The fourth-order valence-electron chi connectivity index (χ4n) is 2.67. The van der Waals surface area contributed by atoms with E-state index in [1.165, 1.54) is 19.5 Å². The summed E-state index contributed by atoms with van der Waals surface area (Å²) in [5.74, 6) is 0.772. The van der Waals surface area contributed by atoms with Crippen molar-refractivity contribution in [3.05, 3.63) is 0 Å². The highest BCUT2D eigenvalue weighted by Crippen LogP contribution is 2.31. The molecule has 2 saturated heterocycles.